The Morgan fingerprint density at radius 2 is 2.00 bits per heavy atom. The fourth-order valence-electron chi connectivity index (χ4n) is 1.50. The average molecular weight is 204 g/mol. The summed E-state index contributed by atoms with van der Waals surface area (Å²) in [6.45, 7) is 1.46. The molecule has 0 aliphatic carbocycles. The number of rotatable bonds is 0. The van der Waals surface area contributed by atoms with Gasteiger partial charge in [-0.1, -0.05) is 0 Å². The molecule has 2 nitrogen and oxygen atoms in total. The van der Waals surface area contributed by atoms with Gasteiger partial charge in [-0.3, -0.25) is 4.98 Å². The number of halogens is 2. The van der Waals surface area contributed by atoms with E-state index in [9.17, 15) is 8.78 Å². The zero-order valence-electron chi connectivity index (χ0n) is 7.88. The van der Waals surface area contributed by atoms with Crippen LogP contribution in [0.4, 0.5) is 8.78 Å². The maximum atomic E-state index is 13.2. The molecule has 1 aromatic carbocycles. The van der Waals surface area contributed by atoms with E-state index in [2.05, 4.69) is 4.98 Å². The van der Waals surface area contributed by atoms with Gasteiger partial charge in [-0.25, -0.2) is 8.78 Å². The highest BCUT2D eigenvalue weighted by molar-refractivity contribution is 5.89. The second-order valence-electron chi connectivity index (χ2n) is 3.19. The minimum Gasteiger partial charge on any atom is -0.263 e. The third-order valence-electron chi connectivity index (χ3n) is 2.32. The van der Waals surface area contributed by atoms with Crippen molar-refractivity contribution in [2.75, 3.05) is 0 Å². The van der Waals surface area contributed by atoms with Crippen LogP contribution in [-0.4, -0.2) is 4.98 Å². The minimum atomic E-state index is -0.942. The van der Waals surface area contributed by atoms with Gasteiger partial charge in [0, 0.05) is 23.2 Å². The van der Waals surface area contributed by atoms with Crippen LogP contribution in [-0.2, 0) is 0 Å². The number of fused-ring (bicyclic) bond motifs is 1. The molecule has 0 N–H and O–H groups in total. The Bertz CT molecular complexity index is 585. The van der Waals surface area contributed by atoms with Gasteiger partial charge in [-0.2, -0.15) is 5.26 Å². The summed E-state index contributed by atoms with van der Waals surface area (Å²) >= 11 is 0. The molecule has 15 heavy (non-hydrogen) atoms. The third-order valence-corrected chi connectivity index (χ3v) is 2.32. The first kappa shape index (κ1) is 9.53. The second kappa shape index (κ2) is 3.28. The minimum absolute atomic E-state index is 0.176. The van der Waals surface area contributed by atoms with Crippen molar-refractivity contribution in [3.63, 3.8) is 0 Å². The highest BCUT2D eigenvalue weighted by atomic mass is 19.2. The van der Waals surface area contributed by atoms with Crippen LogP contribution < -0.4 is 0 Å². The maximum absolute atomic E-state index is 13.2. The van der Waals surface area contributed by atoms with Gasteiger partial charge in [0.05, 0.1) is 5.56 Å². The highest BCUT2D eigenvalue weighted by Crippen LogP contribution is 2.24. The average Bonchev–Trinajstić information content (AvgIpc) is 2.25. The molecular weight excluding hydrogens is 198 g/mol. The van der Waals surface area contributed by atoms with E-state index in [-0.39, 0.29) is 11.1 Å². The number of hydrogen-bond donors (Lipinski definition) is 0. The standard InChI is InChI=1S/C11H6F2N2/c1-6-9-5-15-4-7(3-14)8(9)2-10(12)11(6)13/h2,4-5H,1H3. The zero-order valence-corrected chi connectivity index (χ0v) is 7.88. The highest BCUT2D eigenvalue weighted by Gasteiger charge is 2.12. The van der Waals surface area contributed by atoms with Crippen molar-refractivity contribution in [1.29, 1.82) is 5.26 Å². The van der Waals surface area contributed by atoms with Gasteiger partial charge >= 0.3 is 0 Å². The third kappa shape index (κ3) is 1.33. The van der Waals surface area contributed by atoms with Crippen LogP contribution >= 0.6 is 0 Å². The lowest BCUT2D eigenvalue weighted by molar-refractivity contribution is 0.505. The van der Waals surface area contributed by atoms with Crippen LogP contribution in [0.1, 0.15) is 11.1 Å². The van der Waals surface area contributed by atoms with E-state index >= 15 is 0 Å². The molecule has 0 saturated carbocycles. The van der Waals surface area contributed by atoms with Gasteiger partial charge in [0.15, 0.2) is 11.6 Å². The molecule has 0 aliphatic rings. The summed E-state index contributed by atoms with van der Waals surface area (Å²) in [7, 11) is 0. The molecule has 4 heteroatoms. The number of aryl methyl sites for hydroxylation is 1. The van der Waals surface area contributed by atoms with E-state index in [1.165, 1.54) is 19.3 Å². The van der Waals surface area contributed by atoms with Gasteiger partial charge in [-0.05, 0) is 18.6 Å². The summed E-state index contributed by atoms with van der Waals surface area (Å²) in [6, 6.07) is 2.92. The molecule has 0 bridgehead atoms. The topological polar surface area (TPSA) is 36.7 Å². The fourth-order valence-corrected chi connectivity index (χ4v) is 1.50. The van der Waals surface area contributed by atoms with Crippen LogP contribution in [0.15, 0.2) is 18.5 Å². The molecule has 2 rings (SSSR count). The van der Waals surface area contributed by atoms with Crippen molar-refractivity contribution in [3.8, 4) is 6.07 Å². The number of benzene rings is 1. The molecule has 0 unspecified atom stereocenters. The number of pyridine rings is 1. The summed E-state index contributed by atoms with van der Waals surface area (Å²) < 4.78 is 26.3. The van der Waals surface area contributed by atoms with Crippen molar-refractivity contribution >= 4 is 10.8 Å². The molecule has 74 valence electrons. The quantitative estimate of drug-likeness (QED) is 0.661. The molecule has 0 amide bonds. The number of nitriles is 1. The van der Waals surface area contributed by atoms with E-state index in [1.54, 1.807) is 0 Å². The molecule has 0 radical (unpaired) electrons. The SMILES string of the molecule is Cc1c(F)c(F)cc2c(C#N)cncc12. The first-order chi connectivity index (χ1) is 7.15. The second-order valence-corrected chi connectivity index (χ2v) is 3.19. The molecule has 0 saturated heterocycles. The lowest BCUT2D eigenvalue weighted by Crippen LogP contribution is -1.93. The predicted octanol–water partition coefficient (Wildman–Crippen LogP) is 2.69. The summed E-state index contributed by atoms with van der Waals surface area (Å²) in [5, 5.41) is 9.64. The van der Waals surface area contributed by atoms with E-state index in [0.717, 1.165) is 6.07 Å². The summed E-state index contributed by atoms with van der Waals surface area (Å²) in [4.78, 5) is 3.80. The van der Waals surface area contributed by atoms with Crippen LogP contribution in [0.5, 0.6) is 0 Å². The van der Waals surface area contributed by atoms with Crippen molar-refractivity contribution in [3.05, 3.63) is 41.2 Å². The first-order valence-corrected chi connectivity index (χ1v) is 4.27. The van der Waals surface area contributed by atoms with E-state index in [1.807, 2.05) is 6.07 Å². The fraction of sp³-hybridized carbons (Fsp3) is 0.0909. The molecule has 1 aromatic heterocycles. The van der Waals surface area contributed by atoms with Crippen molar-refractivity contribution in [1.82, 2.24) is 4.98 Å². The zero-order chi connectivity index (χ0) is 11.0. The Balaban J connectivity index is 2.99. The summed E-state index contributed by atoms with van der Waals surface area (Å²) in [5.41, 5.74) is 0.420. The lowest BCUT2D eigenvalue weighted by atomic mass is 10.0. The van der Waals surface area contributed by atoms with E-state index in [4.69, 9.17) is 5.26 Å². The number of aromatic nitrogens is 1. The largest absolute Gasteiger partial charge is 0.263 e. The normalized spacial score (nSPS) is 10.3. The summed E-state index contributed by atoms with van der Waals surface area (Å²) in [5.74, 6) is -1.83. The van der Waals surface area contributed by atoms with Gasteiger partial charge in [0.1, 0.15) is 6.07 Å². The molecular formula is C11H6F2N2. The number of hydrogen-bond acceptors (Lipinski definition) is 2. The molecule has 0 spiro atoms. The lowest BCUT2D eigenvalue weighted by Gasteiger charge is -2.04. The number of nitrogens with zero attached hydrogens (tertiary/aromatic N) is 2. The van der Waals surface area contributed by atoms with Crippen LogP contribution in [0, 0.1) is 29.9 Å². The van der Waals surface area contributed by atoms with Crippen molar-refractivity contribution < 1.29 is 8.78 Å². The smallest absolute Gasteiger partial charge is 0.162 e. The molecule has 0 fully saturated rings. The van der Waals surface area contributed by atoms with Gasteiger partial charge in [0.2, 0.25) is 0 Å². The Kier molecular flexibility index (Phi) is 2.09. The van der Waals surface area contributed by atoms with Crippen LogP contribution in [0.25, 0.3) is 10.8 Å². The van der Waals surface area contributed by atoms with Crippen LogP contribution in [0.3, 0.4) is 0 Å². The molecule has 0 atom stereocenters. The van der Waals surface area contributed by atoms with Gasteiger partial charge in [-0.15, -0.1) is 0 Å². The van der Waals surface area contributed by atoms with E-state index < -0.39 is 11.6 Å². The molecule has 1 heterocycles. The monoisotopic (exact) mass is 204 g/mol. The Morgan fingerprint density at radius 3 is 2.67 bits per heavy atom. The Labute approximate surface area is 84.8 Å². The van der Waals surface area contributed by atoms with E-state index in [0.29, 0.717) is 10.8 Å². The van der Waals surface area contributed by atoms with Crippen LogP contribution in [0.2, 0.25) is 0 Å². The maximum Gasteiger partial charge on any atom is 0.162 e. The predicted molar refractivity (Wildman–Crippen MR) is 51.1 cm³/mol. The van der Waals surface area contributed by atoms with Gasteiger partial charge < -0.3 is 0 Å². The molecule has 2 aromatic rings. The first-order valence-electron chi connectivity index (χ1n) is 4.27. The Hall–Kier alpha value is -2.02. The molecule has 0 aliphatic heterocycles. The Morgan fingerprint density at radius 1 is 1.27 bits per heavy atom. The van der Waals surface area contributed by atoms with Gasteiger partial charge in [0.25, 0.3) is 0 Å². The summed E-state index contributed by atoms with van der Waals surface area (Å²) in [6.07, 6.45) is 2.76. The van der Waals surface area contributed by atoms with Crippen molar-refractivity contribution in [2.24, 2.45) is 0 Å². The van der Waals surface area contributed by atoms with Crippen molar-refractivity contribution in [2.45, 2.75) is 6.92 Å².